The van der Waals surface area contributed by atoms with E-state index in [0.29, 0.717) is 12.1 Å². The van der Waals surface area contributed by atoms with Crippen LogP contribution in [0.5, 0.6) is 5.75 Å². The molecule has 0 bridgehead atoms. The number of carbonyl (C=O) groups is 1. The maximum Gasteiger partial charge on any atom is 0.275 e. The van der Waals surface area contributed by atoms with Crippen molar-refractivity contribution in [2.75, 3.05) is 0 Å². The van der Waals surface area contributed by atoms with E-state index >= 15 is 0 Å². The fourth-order valence-corrected chi connectivity index (χ4v) is 2.10. The minimum absolute atomic E-state index is 0.0999. The Balaban J connectivity index is 2.18. The number of phenolic OH excluding ortho intramolecular Hbond substituents is 1. The molecule has 4 nitrogen and oxygen atoms in total. The number of nitrogens with zero attached hydrogens (tertiary/aromatic N) is 1. The number of rotatable bonds is 6. The highest BCUT2D eigenvalue weighted by Crippen LogP contribution is 2.15. The van der Waals surface area contributed by atoms with Crippen LogP contribution in [0.1, 0.15) is 42.1 Å². The van der Waals surface area contributed by atoms with Crippen molar-refractivity contribution in [1.82, 2.24) is 5.43 Å². The molecule has 5 heteroatoms. The number of unbranched alkanes of at least 4 members (excludes halogenated alkanes) is 1. The standard InChI is InChI=1S/C18H19FN2O2/c1-2-3-7-16(13-9-11-14(19)12-10-13)20-21-18(23)15-6-4-5-8-17(15)22/h4-6,8-12,22H,2-3,7H2,1H3,(H,21,23)/b20-16-. The Morgan fingerprint density at radius 3 is 2.52 bits per heavy atom. The van der Waals surface area contributed by atoms with Crippen molar-refractivity contribution in [1.29, 1.82) is 0 Å². The van der Waals surface area contributed by atoms with Crippen LogP contribution in [-0.4, -0.2) is 16.7 Å². The second-order valence-corrected chi connectivity index (χ2v) is 5.13. The summed E-state index contributed by atoms with van der Waals surface area (Å²) >= 11 is 0. The molecule has 0 aliphatic heterocycles. The summed E-state index contributed by atoms with van der Waals surface area (Å²) in [6, 6.07) is 12.3. The van der Waals surface area contributed by atoms with Gasteiger partial charge in [-0.25, -0.2) is 9.82 Å². The third-order valence-electron chi connectivity index (χ3n) is 3.39. The quantitative estimate of drug-likeness (QED) is 0.628. The zero-order valence-electron chi connectivity index (χ0n) is 12.9. The van der Waals surface area contributed by atoms with Crippen molar-refractivity contribution in [2.45, 2.75) is 26.2 Å². The van der Waals surface area contributed by atoms with Crippen molar-refractivity contribution in [2.24, 2.45) is 5.10 Å². The Labute approximate surface area is 134 Å². The molecule has 0 saturated carbocycles. The van der Waals surface area contributed by atoms with Crippen molar-refractivity contribution < 1.29 is 14.3 Å². The number of hydrogen-bond acceptors (Lipinski definition) is 3. The number of halogens is 1. The first-order chi connectivity index (χ1) is 11.1. The molecular weight excluding hydrogens is 295 g/mol. The fourth-order valence-electron chi connectivity index (χ4n) is 2.10. The largest absolute Gasteiger partial charge is 0.507 e. The fraction of sp³-hybridized carbons (Fsp3) is 0.222. The number of carbonyl (C=O) groups excluding carboxylic acids is 1. The Bertz CT molecular complexity index is 696. The molecule has 0 fully saturated rings. The average Bonchev–Trinajstić information content (AvgIpc) is 2.56. The van der Waals surface area contributed by atoms with E-state index in [-0.39, 0.29) is 17.1 Å². The second kappa shape index (κ2) is 8.08. The molecule has 0 radical (unpaired) electrons. The van der Waals surface area contributed by atoms with Crippen LogP contribution in [-0.2, 0) is 0 Å². The summed E-state index contributed by atoms with van der Waals surface area (Å²) in [5, 5.41) is 13.8. The highest BCUT2D eigenvalue weighted by molar-refractivity contribution is 6.02. The highest BCUT2D eigenvalue weighted by atomic mass is 19.1. The summed E-state index contributed by atoms with van der Waals surface area (Å²) in [4.78, 5) is 12.1. The monoisotopic (exact) mass is 314 g/mol. The van der Waals surface area contributed by atoms with E-state index in [1.165, 1.54) is 24.3 Å². The Hall–Kier alpha value is -2.69. The molecule has 120 valence electrons. The molecule has 2 aromatic rings. The van der Waals surface area contributed by atoms with Gasteiger partial charge in [0.2, 0.25) is 0 Å². The SMILES string of the molecule is CCCC/C(=N/NC(=O)c1ccccc1O)c1ccc(F)cc1. The molecule has 1 amide bonds. The predicted molar refractivity (Wildman–Crippen MR) is 88.0 cm³/mol. The maximum absolute atomic E-state index is 13.0. The van der Waals surface area contributed by atoms with Crippen molar-refractivity contribution in [3.05, 3.63) is 65.5 Å². The zero-order valence-corrected chi connectivity index (χ0v) is 12.9. The van der Waals surface area contributed by atoms with Crippen LogP contribution in [0.2, 0.25) is 0 Å². The van der Waals surface area contributed by atoms with Crippen LogP contribution >= 0.6 is 0 Å². The van der Waals surface area contributed by atoms with Crippen LogP contribution in [0.3, 0.4) is 0 Å². The number of hydrazone groups is 1. The molecular formula is C18H19FN2O2. The number of hydrogen-bond donors (Lipinski definition) is 2. The summed E-state index contributed by atoms with van der Waals surface area (Å²) in [6.07, 6.45) is 2.56. The van der Waals surface area contributed by atoms with E-state index in [4.69, 9.17) is 0 Å². The first-order valence-electron chi connectivity index (χ1n) is 7.52. The zero-order chi connectivity index (χ0) is 16.7. The van der Waals surface area contributed by atoms with Gasteiger partial charge in [0.1, 0.15) is 11.6 Å². The molecule has 0 aromatic heterocycles. The van der Waals surface area contributed by atoms with Crippen molar-refractivity contribution in [3.8, 4) is 5.75 Å². The third kappa shape index (κ3) is 4.64. The van der Waals surface area contributed by atoms with E-state index in [9.17, 15) is 14.3 Å². The van der Waals surface area contributed by atoms with Crippen molar-refractivity contribution in [3.63, 3.8) is 0 Å². The van der Waals surface area contributed by atoms with Gasteiger partial charge in [-0.3, -0.25) is 4.79 Å². The number of aromatic hydroxyl groups is 1. The summed E-state index contributed by atoms with van der Waals surface area (Å²) < 4.78 is 13.0. The van der Waals surface area contributed by atoms with Gasteiger partial charge in [0.15, 0.2) is 0 Å². The van der Waals surface area contributed by atoms with E-state index in [2.05, 4.69) is 17.5 Å². The van der Waals surface area contributed by atoms with Gasteiger partial charge >= 0.3 is 0 Å². The minimum Gasteiger partial charge on any atom is -0.507 e. The second-order valence-electron chi connectivity index (χ2n) is 5.13. The minimum atomic E-state index is -0.487. The van der Waals surface area contributed by atoms with Gasteiger partial charge in [-0.1, -0.05) is 37.6 Å². The summed E-state index contributed by atoms with van der Waals surface area (Å²) in [5.41, 5.74) is 4.05. The molecule has 0 unspecified atom stereocenters. The number of benzene rings is 2. The van der Waals surface area contributed by atoms with Gasteiger partial charge in [-0.2, -0.15) is 5.10 Å². The first kappa shape index (κ1) is 16.7. The lowest BCUT2D eigenvalue weighted by Crippen LogP contribution is -2.20. The molecule has 23 heavy (non-hydrogen) atoms. The Morgan fingerprint density at radius 1 is 1.17 bits per heavy atom. The van der Waals surface area contributed by atoms with Crippen LogP contribution in [0.15, 0.2) is 53.6 Å². The number of phenols is 1. The van der Waals surface area contributed by atoms with E-state index in [0.717, 1.165) is 18.4 Å². The topological polar surface area (TPSA) is 61.7 Å². The van der Waals surface area contributed by atoms with Gasteiger partial charge in [0.05, 0.1) is 11.3 Å². The van der Waals surface area contributed by atoms with Gasteiger partial charge in [-0.05, 0) is 42.7 Å². The molecule has 0 heterocycles. The lowest BCUT2D eigenvalue weighted by atomic mass is 10.0. The normalized spacial score (nSPS) is 11.3. The van der Waals surface area contributed by atoms with E-state index in [1.807, 2.05) is 0 Å². The van der Waals surface area contributed by atoms with Gasteiger partial charge in [0.25, 0.3) is 5.91 Å². The molecule has 0 atom stereocenters. The molecule has 0 aliphatic carbocycles. The van der Waals surface area contributed by atoms with Crippen LogP contribution in [0, 0.1) is 5.82 Å². The van der Waals surface area contributed by atoms with E-state index < -0.39 is 5.91 Å². The van der Waals surface area contributed by atoms with E-state index in [1.54, 1.807) is 24.3 Å². The van der Waals surface area contributed by atoms with Gasteiger partial charge < -0.3 is 5.11 Å². The van der Waals surface area contributed by atoms with Crippen LogP contribution in [0.25, 0.3) is 0 Å². The maximum atomic E-state index is 13.0. The highest BCUT2D eigenvalue weighted by Gasteiger charge is 2.10. The number of para-hydroxylation sites is 1. The lowest BCUT2D eigenvalue weighted by Gasteiger charge is -2.08. The lowest BCUT2D eigenvalue weighted by molar-refractivity contribution is 0.0952. The third-order valence-corrected chi connectivity index (χ3v) is 3.39. The summed E-state index contributed by atoms with van der Waals surface area (Å²) in [5.74, 6) is -0.905. The Morgan fingerprint density at radius 2 is 1.87 bits per heavy atom. The van der Waals surface area contributed by atoms with Gasteiger partial charge in [0, 0.05) is 0 Å². The number of nitrogens with one attached hydrogen (secondary N) is 1. The van der Waals surface area contributed by atoms with Crippen molar-refractivity contribution >= 4 is 11.6 Å². The Kier molecular flexibility index (Phi) is 5.86. The van der Waals surface area contributed by atoms with Crippen LogP contribution in [0.4, 0.5) is 4.39 Å². The molecule has 0 saturated heterocycles. The molecule has 2 N–H and O–H groups in total. The molecule has 2 rings (SSSR count). The van der Waals surface area contributed by atoms with Gasteiger partial charge in [-0.15, -0.1) is 0 Å². The average molecular weight is 314 g/mol. The summed E-state index contributed by atoms with van der Waals surface area (Å²) in [7, 11) is 0. The van der Waals surface area contributed by atoms with Crippen LogP contribution < -0.4 is 5.43 Å². The molecule has 0 spiro atoms. The number of amides is 1. The molecule has 2 aromatic carbocycles. The first-order valence-corrected chi connectivity index (χ1v) is 7.52. The predicted octanol–water partition coefficient (Wildman–Crippen LogP) is 3.86. The molecule has 0 aliphatic rings. The smallest absolute Gasteiger partial charge is 0.275 e. The summed E-state index contributed by atoms with van der Waals surface area (Å²) in [6.45, 7) is 2.06.